The van der Waals surface area contributed by atoms with Gasteiger partial charge in [0.2, 0.25) is 0 Å². The summed E-state index contributed by atoms with van der Waals surface area (Å²) in [5.41, 5.74) is -0.321. The van der Waals surface area contributed by atoms with Gasteiger partial charge in [-0.3, -0.25) is 10.1 Å². The van der Waals surface area contributed by atoms with E-state index in [0.29, 0.717) is 35.5 Å². The van der Waals surface area contributed by atoms with Gasteiger partial charge in [-0.2, -0.15) is 0 Å². The lowest BCUT2D eigenvalue weighted by Crippen LogP contribution is -2.30. The zero-order valence-electron chi connectivity index (χ0n) is 14.8. The van der Waals surface area contributed by atoms with Gasteiger partial charge in [-0.25, -0.2) is 18.2 Å². The Morgan fingerprint density at radius 3 is 2.44 bits per heavy atom. The number of imidazole rings is 1. The first-order valence-electron chi connectivity index (χ1n) is 8.12. The number of non-ortho nitro benzene ring substituents is 1. The molecule has 0 radical (unpaired) electrons. The minimum Gasteiger partial charge on any atom is -0.477 e. The molecular formula is C18H16F3N3O3. The van der Waals surface area contributed by atoms with Crippen molar-refractivity contribution < 1.29 is 22.8 Å². The molecule has 0 N–H and O–H groups in total. The quantitative estimate of drug-likeness (QED) is 0.366. The third-order valence-electron chi connectivity index (χ3n) is 4.14. The van der Waals surface area contributed by atoms with Crippen molar-refractivity contribution >= 4 is 16.7 Å². The second-order valence-corrected chi connectivity index (χ2v) is 6.42. The minimum atomic E-state index is -1.31. The second kappa shape index (κ2) is 6.57. The Morgan fingerprint density at radius 2 is 1.81 bits per heavy atom. The number of rotatable bonds is 5. The molecule has 1 aromatic heterocycles. The smallest absolute Gasteiger partial charge is 0.271 e. The fourth-order valence-corrected chi connectivity index (χ4v) is 2.91. The van der Waals surface area contributed by atoms with Crippen molar-refractivity contribution in [2.24, 2.45) is 0 Å². The molecule has 0 aliphatic rings. The van der Waals surface area contributed by atoms with Gasteiger partial charge < -0.3 is 9.30 Å². The number of fused-ring (bicyclic) bond motifs is 1. The molecule has 0 aliphatic carbocycles. The largest absolute Gasteiger partial charge is 0.477 e. The van der Waals surface area contributed by atoms with E-state index in [0.717, 1.165) is 0 Å². The Bertz CT molecular complexity index is 1050. The summed E-state index contributed by atoms with van der Waals surface area (Å²) < 4.78 is 47.9. The van der Waals surface area contributed by atoms with Gasteiger partial charge in [0, 0.05) is 30.8 Å². The molecule has 0 saturated heterocycles. The van der Waals surface area contributed by atoms with E-state index < -0.39 is 33.7 Å². The second-order valence-electron chi connectivity index (χ2n) is 6.42. The molecule has 0 spiro atoms. The van der Waals surface area contributed by atoms with Crippen molar-refractivity contribution in [3.63, 3.8) is 0 Å². The molecule has 27 heavy (non-hydrogen) atoms. The third kappa shape index (κ3) is 3.32. The van der Waals surface area contributed by atoms with E-state index in [-0.39, 0.29) is 5.69 Å². The summed E-state index contributed by atoms with van der Waals surface area (Å²) in [5.74, 6) is -3.69. The number of benzene rings is 2. The van der Waals surface area contributed by atoms with Crippen LogP contribution in [0.3, 0.4) is 0 Å². The predicted molar refractivity (Wildman–Crippen MR) is 92.0 cm³/mol. The third-order valence-corrected chi connectivity index (χ3v) is 4.14. The molecule has 9 heteroatoms. The number of hydrogen-bond acceptors (Lipinski definition) is 4. The number of ether oxygens (including phenoxy) is 1. The zero-order chi connectivity index (χ0) is 19.9. The number of hydrogen-bond donors (Lipinski definition) is 0. The van der Waals surface area contributed by atoms with Gasteiger partial charge in [0.15, 0.2) is 34.6 Å². The monoisotopic (exact) mass is 379 g/mol. The Kier molecular flexibility index (Phi) is 4.54. The molecule has 3 rings (SSSR count). The highest BCUT2D eigenvalue weighted by Gasteiger charge is 2.31. The number of halogens is 3. The molecule has 0 atom stereocenters. The van der Waals surface area contributed by atoms with Crippen molar-refractivity contribution in [1.29, 1.82) is 0 Å². The number of nitro groups is 1. The van der Waals surface area contributed by atoms with Crippen LogP contribution in [0.2, 0.25) is 0 Å². The Balaban J connectivity index is 2.09. The molecule has 0 saturated carbocycles. The average molecular weight is 379 g/mol. The number of aromatic nitrogens is 2. The maximum atomic E-state index is 14.0. The van der Waals surface area contributed by atoms with Crippen LogP contribution in [-0.4, -0.2) is 14.5 Å². The molecule has 0 fully saturated rings. The average Bonchev–Trinajstić information content (AvgIpc) is 2.98. The van der Waals surface area contributed by atoms with Crippen LogP contribution >= 0.6 is 0 Å². The minimum absolute atomic E-state index is 0.111. The van der Waals surface area contributed by atoms with Crippen LogP contribution in [0.5, 0.6) is 5.75 Å². The van der Waals surface area contributed by atoms with Crippen LogP contribution in [0.25, 0.3) is 11.0 Å². The highest BCUT2D eigenvalue weighted by atomic mass is 19.2. The molecule has 2 aromatic carbocycles. The summed E-state index contributed by atoms with van der Waals surface area (Å²) in [6.07, 6.45) is 0. The van der Waals surface area contributed by atoms with Gasteiger partial charge in [0.25, 0.3) is 5.69 Å². The van der Waals surface area contributed by atoms with Crippen molar-refractivity contribution in [2.75, 3.05) is 0 Å². The van der Waals surface area contributed by atoms with E-state index in [1.807, 2.05) is 6.92 Å². The van der Waals surface area contributed by atoms with Gasteiger partial charge in [0.05, 0.1) is 16.0 Å². The van der Waals surface area contributed by atoms with Crippen molar-refractivity contribution in [1.82, 2.24) is 9.55 Å². The zero-order valence-corrected chi connectivity index (χ0v) is 14.8. The van der Waals surface area contributed by atoms with Crippen LogP contribution in [0.15, 0.2) is 30.3 Å². The van der Waals surface area contributed by atoms with E-state index in [4.69, 9.17) is 4.74 Å². The van der Waals surface area contributed by atoms with Gasteiger partial charge in [-0.05, 0) is 26.8 Å². The summed E-state index contributed by atoms with van der Waals surface area (Å²) in [6, 6.07) is 5.31. The highest BCUT2D eigenvalue weighted by molar-refractivity contribution is 5.79. The Morgan fingerprint density at radius 1 is 1.15 bits per heavy atom. The predicted octanol–water partition coefficient (Wildman–Crippen LogP) is 4.70. The van der Waals surface area contributed by atoms with E-state index in [9.17, 15) is 23.3 Å². The molecular weight excluding hydrogens is 363 g/mol. The van der Waals surface area contributed by atoms with Gasteiger partial charge in [-0.1, -0.05) is 0 Å². The van der Waals surface area contributed by atoms with E-state index in [1.54, 1.807) is 24.5 Å². The van der Waals surface area contributed by atoms with Crippen LogP contribution in [-0.2, 0) is 12.1 Å². The lowest BCUT2D eigenvalue weighted by atomic mass is 10.1. The maximum absolute atomic E-state index is 14.0. The molecule has 6 nitrogen and oxygen atoms in total. The van der Waals surface area contributed by atoms with Crippen LogP contribution < -0.4 is 4.74 Å². The first-order valence-corrected chi connectivity index (χ1v) is 8.12. The van der Waals surface area contributed by atoms with Crippen molar-refractivity contribution in [3.05, 3.63) is 63.7 Å². The number of aryl methyl sites for hydroxylation is 1. The fourth-order valence-electron chi connectivity index (χ4n) is 2.91. The fraction of sp³-hybridized carbons (Fsp3) is 0.278. The Labute approximate surface area is 152 Å². The van der Waals surface area contributed by atoms with E-state index in [2.05, 4.69) is 4.98 Å². The van der Waals surface area contributed by atoms with E-state index in [1.165, 1.54) is 12.1 Å². The van der Waals surface area contributed by atoms with Crippen molar-refractivity contribution in [3.8, 4) is 5.75 Å². The SMILES string of the molecule is CCn1c(C(C)(C)Oc2cc(F)c(F)cc2F)nc2cc([N+](=O)[O-])ccc21. The summed E-state index contributed by atoms with van der Waals surface area (Å²) in [4.78, 5) is 14.9. The summed E-state index contributed by atoms with van der Waals surface area (Å²) in [6.45, 7) is 5.50. The van der Waals surface area contributed by atoms with E-state index >= 15 is 0 Å². The number of nitrogens with zero attached hydrogens (tertiary/aromatic N) is 3. The molecule has 0 bridgehead atoms. The molecule has 0 unspecified atom stereocenters. The highest BCUT2D eigenvalue weighted by Crippen LogP contribution is 2.33. The standard InChI is InChI=1S/C18H16F3N3O3/c1-4-23-15-6-5-10(24(25)26)7-14(15)22-17(23)18(2,3)27-16-9-12(20)11(19)8-13(16)21/h5-9H,4H2,1-3H3. The molecule has 0 aliphatic heterocycles. The first-order chi connectivity index (χ1) is 12.6. The van der Waals surface area contributed by atoms with Gasteiger partial charge in [0.1, 0.15) is 0 Å². The summed E-state index contributed by atoms with van der Waals surface area (Å²) >= 11 is 0. The lowest BCUT2D eigenvalue weighted by molar-refractivity contribution is -0.384. The molecule has 0 amide bonds. The van der Waals surface area contributed by atoms with Gasteiger partial charge >= 0.3 is 0 Å². The maximum Gasteiger partial charge on any atom is 0.271 e. The Hall–Kier alpha value is -3.10. The summed E-state index contributed by atoms with van der Waals surface area (Å²) in [7, 11) is 0. The topological polar surface area (TPSA) is 70.2 Å². The molecule has 142 valence electrons. The summed E-state index contributed by atoms with van der Waals surface area (Å²) in [5, 5.41) is 11.0. The van der Waals surface area contributed by atoms with Gasteiger partial charge in [-0.15, -0.1) is 0 Å². The number of nitro benzene ring substituents is 1. The van der Waals surface area contributed by atoms with Crippen LogP contribution in [0.4, 0.5) is 18.9 Å². The van der Waals surface area contributed by atoms with Crippen molar-refractivity contribution in [2.45, 2.75) is 32.9 Å². The lowest BCUT2D eigenvalue weighted by Gasteiger charge is -2.27. The first kappa shape index (κ1) is 18.7. The molecule has 1 heterocycles. The molecule has 3 aromatic rings. The normalized spacial score (nSPS) is 11.8. The van der Waals surface area contributed by atoms with Crippen LogP contribution in [0, 0.1) is 27.6 Å². The van der Waals surface area contributed by atoms with Crippen LogP contribution in [0.1, 0.15) is 26.6 Å².